The number of hydrogen-bond donors (Lipinski definition) is 3. The molecule has 104 valence electrons. The fraction of sp³-hybridized carbons (Fsp3) is 0.500. The van der Waals surface area contributed by atoms with Gasteiger partial charge < -0.3 is 15.5 Å². The maximum absolute atomic E-state index is 11.9. The second-order valence-corrected chi connectivity index (χ2v) is 5.16. The van der Waals surface area contributed by atoms with Gasteiger partial charge in [-0.2, -0.15) is 0 Å². The first kappa shape index (κ1) is 13.7. The number of aromatic hydroxyl groups is 2. The molecule has 1 aliphatic carbocycles. The Morgan fingerprint density at radius 1 is 1.42 bits per heavy atom. The molecule has 3 N–H and O–H groups in total. The zero-order chi connectivity index (χ0) is 14.0. The van der Waals surface area contributed by atoms with Crippen molar-refractivity contribution in [3.63, 3.8) is 0 Å². The Bertz CT molecular complexity index is 472. The summed E-state index contributed by atoms with van der Waals surface area (Å²) in [6, 6.07) is 5.00. The summed E-state index contributed by atoms with van der Waals surface area (Å²) in [4.78, 5) is 14.2. The van der Waals surface area contributed by atoms with Gasteiger partial charge in [0.05, 0.1) is 0 Å². The molecule has 0 radical (unpaired) electrons. The minimum Gasteiger partial charge on any atom is -0.504 e. The smallest absolute Gasteiger partial charge is 0.251 e. The lowest BCUT2D eigenvalue weighted by Crippen LogP contribution is -2.41. The quantitative estimate of drug-likeness (QED) is 0.701. The third-order valence-electron chi connectivity index (χ3n) is 3.61. The molecule has 1 amide bonds. The first-order valence-corrected chi connectivity index (χ1v) is 6.51. The number of amides is 1. The Labute approximate surface area is 112 Å². The van der Waals surface area contributed by atoms with E-state index in [0.717, 1.165) is 0 Å². The van der Waals surface area contributed by atoms with Crippen LogP contribution < -0.4 is 5.32 Å². The number of nitrogens with zero attached hydrogens (tertiary/aromatic N) is 1. The lowest BCUT2D eigenvalue weighted by atomic mass is 10.2. The average molecular weight is 264 g/mol. The van der Waals surface area contributed by atoms with Gasteiger partial charge in [0.25, 0.3) is 5.91 Å². The molecule has 5 nitrogen and oxygen atoms in total. The fourth-order valence-electron chi connectivity index (χ4n) is 1.99. The number of benzene rings is 1. The predicted molar refractivity (Wildman–Crippen MR) is 72.4 cm³/mol. The third-order valence-corrected chi connectivity index (χ3v) is 3.61. The van der Waals surface area contributed by atoms with E-state index in [2.05, 4.69) is 24.2 Å². The summed E-state index contributed by atoms with van der Waals surface area (Å²) in [6.07, 6.45) is 2.47. The van der Waals surface area contributed by atoms with Crippen LogP contribution in [-0.2, 0) is 0 Å². The number of likely N-dealkylation sites (N-methyl/N-ethyl adjacent to an activating group) is 1. The zero-order valence-corrected chi connectivity index (χ0v) is 11.3. The number of carbonyl (C=O) groups excluding carboxylic acids is 1. The molecule has 1 atom stereocenters. The van der Waals surface area contributed by atoms with E-state index in [0.29, 0.717) is 18.2 Å². The van der Waals surface area contributed by atoms with Crippen molar-refractivity contribution in [1.82, 2.24) is 10.2 Å². The van der Waals surface area contributed by atoms with E-state index in [1.165, 1.54) is 31.0 Å². The van der Waals surface area contributed by atoms with Crippen LogP contribution in [0.5, 0.6) is 11.5 Å². The van der Waals surface area contributed by atoms with E-state index >= 15 is 0 Å². The van der Waals surface area contributed by atoms with Gasteiger partial charge in [-0.25, -0.2) is 0 Å². The van der Waals surface area contributed by atoms with Crippen molar-refractivity contribution in [2.75, 3.05) is 13.6 Å². The lowest BCUT2D eigenvalue weighted by Gasteiger charge is -2.24. The van der Waals surface area contributed by atoms with Gasteiger partial charge in [0.15, 0.2) is 11.5 Å². The normalized spacial score (nSPS) is 16.4. The number of nitrogens with one attached hydrogen (secondary N) is 1. The molecule has 1 aromatic carbocycles. The highest BCUT2D eigenvalue weighted by molar-refractivity contribution is 5.94. The highest BCUT2D eigenvalue weighted by atomic mass is 16.3. The molecule has 0 saturated heterocycles. The Balaban J connectivity index is 1.88. The van der Waals surface area contributed by atoms with E-state index in [1.54, 1.807) is 0 Å². The van der Waals surface area contributed by atoms with Crippen LogP contribution in [0.3, 0.4) is 0 Å². The molecule has 5 heteroatoms. The van der Waals surface area contributed by atoms with Gasteiger partial charge in [-0.15, -0.1) is 0 Å². The van der Waals surface area contributed by atoms with E-state index in [9.17, 15) is 15.0 Å². The predicted octanol–water partition coefficient (Wildman–Crippen LogP) is 1.31. The van der Waals surface area contributed by atoms with Gasteiger partial charge in [-0.05, 0) is 45.0 Å². The van der Waals surface area contributed by atoms with Crippen molar-refractivity contribution in [3.05, 3.63) is 23.8 Å². The van der Waals surface area contributed by atoms with E-state index in [1.807, 2.05) is 0 Å². The summed E-state index contributed by atoms with van der Waals surface area (Å²) >= 11 is 0. The topological polar surface area (TPSA) is 72.8 Å². The first-order valence-electron chi connectivity index (χ1n) is 6.51. The van der Waals surface area contributed by atoms with Crippen LogP contribution in [-0.4, -0.2) is 46.7 Å². The SMILES string of the molecule is CC(CNC(=O)c1ccc(O)c(O)c1)N(C)C1CC1. The maximum atomic E-state index is 11.9. The van der Waals surface area contributed by atoms with E-state index in [-0.39, 0.29) is 23.4 Å². The second-order valence-electron chi connectivity index (χ2n) is 5.16. The van der Waals surface area contributed by atoms with Crippen LogP contribution in [0.4, 0.5) is 0 Å². The van der Waals surface area contributed by atoms with Crippen molar-refractivity contribution in [3.8, 4) is 11.5 Å². The Morgan fingerprint density at radius 2 is 2.11 bits per heavy atom. The average Bonchev–Trinajstić information content (AvgIpc) is 3.22. The van der Waals surface area contributed by atoms with E-state index in [4.69, 9.17) is 0 Å². The van der Waals surface area contributed by atoms with Gasteiger partial charge in [0.2, 0.25) is 0 Å². The highest BCUT2D eigenvalue weighted by Gasteiger charge is 2.29. The zero-order valence-electron chi connectivity index (χ0n) is 11.3. The van der Waals surface area contributed by atoms with Crippen molar-refractivity contribution in [2.24, 2.45) is 0 Å². The van der Waals surface area contributed by atoms with Gasteiger partial charge in [0.1, 0.15) is 0 Å². The van der Waals surface area contributed by atoms with Crippen molar-refractivity contribution >= 4 is 5.91 Å². The minimum absolute atomic E-state index is 0.224. The largest absolute Gasteiger partial charge is 0.504 e. The van der Waals surface area contributed by atoms with Gasteiger partial charge in [-0.3, -0.25) is 9.69 Å². The summed E-state index contributed by atoms with van der Waals surface area (Å²) in [7, 11) is 2.07. The van der Waals surface area contributed by atoms with Gasteiger partial charge in [-0.1, -0.05) is 0 Å². The monoisotopic (exact) mass is 264 g/mol. The summed E-state index contributed by atoms with van der Waals surface area (Å²) in [5, 5.41) is 21.4. The Hall–Kier alpha value is -1.75. The molecule has 19 heavy (non-hydrogen) atoms. The molecule has 0 aliphatic heterocycles. The van der Waals surface area contributed by atoms with Crippen LogP contribution in [0.25, 0.3) is 0 Å². The molecule has 1 saturated carbocycles. The summed E-state index contributed by atoms with van der Waals surface area (Å²) in [6.45, 7) is 2.64. The van der Waals surface area contributed by atoms with Crippen LogP contribution in [0, 0.1) is 0 Å². The van der Waals surface area contributed by atoms with Crippen molar-refractivity contribution in [1.29, 1.82) is 0 Å². The molecule has 1 aliphatic rings. The lowest BCUT2D eigenvalue weighted by molar-refractivity contribution is 0.0939. The van der Waals surface area contributed by atoms with Crippen LogP contribution in [0.2, 0.25) is 0 Å². The molecule has 0 spiro atoms. The minimum atomic E-state index is -0.282. The standard InChI is InChI=1S/C14H20N2O3/c1-9(16(2)11-4-5-11)8-15-14(19)10-3-6-12(17)13(18)7-10/h3,6-7,9,11,17-18H,4-5,8H2,1-2H3,(H,15,19). The third kappa shape index (κ3) is 3.38. The second kappa shape index (κ2) is 5.48. The highest BCUT2D eigenvalue weighted by Crippen LogP contribution is 2.27. The van der Waals surface area contributed by atoms with Gasteiger partial charge in [0, 0.05) is 24.2 Å². The molecule has 1 unspecified atom stereocenters. The summed E-state index contributed by atoms with van der Waals surface area (Å²) in [5.41, 5.74) is 0.344. The summed E-state index contributed by atoms with van der Waals surface area (Å²) < 4.78 is 0. The number of phenols is 2. The number of rotatable bonds is 5. The number of phenolic OH excluding ortho intramolecular Hbond substituents is 2. The van der Waals surface area contributed by atoms with Gasteiger partial charge >= 0.3 is 0 Å². The molecule has 0 bridgehead atoms. The van der Waals surface area contributed by atoms with E-state index < -0.39 is 0 Å². The van der Waals surface area contributed by atoms with Crippen LogP contribution in [0.15, 0.2) is 18.2 Å². The molecule has 1 fully saturated rings. The molecule has 2 rings (SSSR count). The first-order chi connectivity index (χ1) is 8.99. The number of hydrogen-bond acceptors (Lipinski definition) is 4. The molecule has 0 heterocycles. The Kier molecular flexibility index (Phi) is 3.95. The maximum Gasteiger partial charge on any atom is 0.251 e. The molecular weight excluding hydrogens is 244 g/mol. The van der Waals surface area contributed by atoms with Crippen molar-refractivity contribution in [2.45, 2.75) is 31.8 Å². The summed E-state index contributed by atoms with van der Waals surface area (Å²) in [5.74, 6) is -0.750. The van der Waals surface area contributed by atoms with Crippen molar-refractivity contribution < 1.29 is 15.0 Å². The Morgan fingerprint density at radius 3 is 2.68 bits per heavy atom. The fourth-order valence-corrected chi connectivity index (χ4v) is 1.99. The number of carbonyl (C=O) groups is 1. The molecule has 1 aromatic rings. The molecular formula is C14H20N2O3. The van der Waals surface area contributed by atoms with Crippen LogP contribution in [0.1, 0.15) is 30.1 Å². The molecule has 0 aromatic heterocycles. The van der Waals surface area contributed by atoms with Crippen LogP contribution >= 0.6 is 0 Å².